The van der Waals surface area contributed by atoms with Crippen LogP contribution in [-0.2, 0) is 4.74 Å². The van der Waals surface area contributed by atoms with Gasteiger partial charge in [0.15, 0.2) is 0 Å². The standard InChI is InChI=1S/C14H27NO/c1-3-5-13-10-14(6-8-16-13)9-12(14)11-15-7-4-2/h12-13,15H,3-11H2,1-2H3. The lowest BCUT2D eigenvalue weighted by Crippen LogP contribution is -2.30. The third-order valence-electron chi connectivity index (χ3n) is 4.37. The molecular weight excluding hydrogens is 198 g/mol. The van der Waals surface area contributed by atoms with Crippen molar-refractivity contribution in [3.05, 3.63) is 0 Å². The molecule has 2 rings (SSSR count). The van der Waals surface area contributed by atoms with Crippen LogP contribution in [0.15, 0.2) is 0 Å². The molecule has 1 saturated heterocycles. The van der Waals surface area contributed by atoms with Crippen LogP contribution in [0.1, 0.15) is 52.4 Å². The van der Waals surface area contributed by atoms with Crippen molar-refractivity contribution in [2.45, 2.75) is 58.5 Å². The molecule has 2 nitrogen and oxygen atoms in total. The molecule has 1 N–H and O–H groups in total. The topological polar surface area (TPSA) is 21.3 Å². The maximum absolute atomic E-state index is 5.85. The van der Waals surface area contributed by atoms with Crippen molar-refractivity contribution in [2.75, 3.05) is 19.7 Å². The fraction of sp³-hybridized carbons (Fsp3) is 1.00. The van der Waals surface area contributed by atoms with E-state index in [1.54, 1.807) is 0 Å². The summed E-state index contributed by atoms with van der Waals surface area (Å²) in [5, 5.41) is 3.57. The van der Waals surface area contributed by atoms with E-state index in [0.717, 1.165) is 12.5 Å². The summed E-state index contributed by atoms with van der Waals surface area (Å²) in [6.45, 7) is 7.93. The van der Waals surface area contributed by atoms with Gasteiger partial charge in [-0.1, -0.05) is 20.3 Å². The van der Waals surface area contributed by atoms with Gasteiger partial charge in [0.1, 0.15) is 0 Å². The lowest BCUT2D eigenvalue weighted by molar-refractivity contribution is -0.0247. The Labute approximate surface area is 100 Å². The highest BCUT2D eigenvalue weighted by molar-refractivity contribution is 5.05. The molecule has 0 amide bonds. The Morgan fingerprint density at radius 2 is 2.12 bits per heavy atom. The first kappa shape index (κ1) is 12.4. The molecule has 94 valence electrons. The second-order valence-electron chi connectivity index (χ2n) is 5.70. The van der Waals surface area contributed by atoms with Crippen LogP contribution in [0.25, 0.3) is 0 Å². The number of ether oxygens (including phenoxy) is 1. The van der Waals surface area contributed by atoms with E-state index >= 15 is 0 Å². The molecule has 1 aliphatic heterocycles. The first-order valence-corrected chi connectivity index (χ1v) is 7.13. The van der Waals surface area contributed by atoms with E-state index < -0.39 is 0 Å². The predicted molar refractivity (Wildman–Crippen MR) is 67.6 cm³/mol. The number of hydrogen-bond acceptors (Lipinski definition) is 2. The quantitative estimate of drug-likeness (QED) is 0.702. The van der Waals surface area contributed by atoms with Crippen molar-refractivity contribution in [1.82, 2.24) is 5.32 Å². The molecule has 0 aromatic carbocycles. The Morgan fingerprint density at radius 1 is 1.25 bits per heavy atom. The maximum Gasteiger partial charge on any atom is 0.0580 e. The molecule has 0 bridgehead atoms. The number of hydrogen-bond donors (Lipinski definition) is 1. The third kappa shape index (κ3) is 2.78. The lowest BCUT2D eigenvalue weighted by atomic mass is 9.88. The second-order valence-corrected chi connectivity index (χ2v) is 5.70. The third-order valence-corrected chi connectivity index (χ3v) is 4.37. The van der Waals surface area contributed by atoms with Crippen LogP contribution in [-0.4, -0.2) is 25.8 Å². The molecule has 16 heavy (non-hydrogen) atoms. The van der Waals surface area contributed by atoms with E-state index in [1.165, 1.54) is 51.6 Å². The molecule has 2 aliphatic rings. The van der Waals surface area contributed by atoms with Gasteiger partial charge in [0, 0.05) is 6.61 Å². The van der Waals surface area contributed by atoms with E-state index in [2.05, 4.69) is 19.2 Å². The number of rotatable bonds is 6. The Bertz CT molecular complexity index is 217. The first-order valence-electron chi connectivity index (χ1n) is 7.13. The van der Waals surface area contributed by atoms with Crippen molar-refractivity contribution in [1.29, 1.82) is 0 Å². The van der Waals surface area contributed by atoms with E-state index in [4.69, 9.17) is 4.74 Å². The zero-order valence-electron chi connectivity index (χ0n) is 10.9. The molecule has 3 unspecified atom stereocenters. The monoisotopic (exact) mass is 225 g/mol. The molecule has 1 spiro atoms. The fourth-order valence-electron chi connectivity index (χ4n) is 3.28. The van der Waals surface area contributed by atoms with Crippen molar-refractivity contribution in [3.8, 4) is 0 Å². The molecular formula is C14H27NO. The van der Waals surface area contributed by atoms with Crippen LogP contribution in [0, 0.1) is 11.3 Å². The lowest BCUT2D eigenvalue weighted by Gasteiger charge is -2.30. The first-order chi connectivity index (χ1) is 7.80. The van der Waals surface area contributed by atoms with Crippen LogP contribution >= 0.6 is 0 Å². The van der Waals surface area contributed by atoms with Crippen LogP contribution in [0.3, 0.4) is 0 Å². The van der Waals surface area contributed by atoms with Crippen LogP contribution in [0.2, 0.25) is 0 Å². The molecule has 2 fully saturated rings. The molecule has 0 aromatic heterocycles. The molecule has 2 heteroatoms. The van der Waals surface area contributed by atoms with Gasteiger partial charge in [-0.3, -0.25) is 0 Å². The fourth-order valence-corrected chi connectivity index (χ4v) is 3.28. The van der Waals surface area contributed by atoms with E-state index in [9.17, 15) is 0 Å². The van der Waals surface area contributed by atoms with Gasteiger partial charge in [0.2, 0.25) is 0 Å². The molecule has 1 heterocycles. The van der Waals surface area contributed by atoms with Crippen molar-refractivity contribution < 1.29 is 4.74 Å². The minimum Gasteiger partial charge on any atom is -0.378 e. The van der Waals surface area contributed by atoms with Gasteiger partial charge >= 0.3 is 0 Å². The molecule has 3 atom stereocenters. The Kier molecular flexibility index (Phi) is 4.26. The van der Waals surface area contributed by atoms with Gasteiger partial charge in [-0.05, 0) is 56.5 Å². The summed E-state index contributed by atoms with van der Waals surface area (Å²) in [5.74, 6) is 0.947. The summed E-state index contributed by atoms with van der Waals surface area (Å²) >= 11 is 0. The molecule has 1 saturated carbocycles. The summed E-state index contributed by atoms with van der Waals surface area (Å²) in [7, 11) is 0. The van der Waals surface area contributed by atoms with Gasteiger partial charge in [0.05, 0.1) is 6.10 Å². The largest absolute Gasteiger partial charge is 0.378 e. The minimum atomic E-state index is 0.565. The maximum atomic E-state index is 5.85. The summed E-state index contributed by atoms with van der Waals surface area (Å²) in [5.41, 5.74) is 0.679. The van der Waals surface area contributed by atoms with Crippen LogP contribution < -0.4 is 5.32 Å². The summed E-state index contributed by atoms with van der Waals surface area (Å²) in [6, 6.07) is 0. The smallest absolute Gasteiger partial charge is 0.0580 e. The van der Waals surface area contributed by atoms with Crippen LogP contribution in [0.5, 0.6) is 0 Å². The average Bonchev–Trinajstić information content (AvgIpc) is 2.92. The zero-order valence-corrected chi connectivity index (χ0v) is 10.9. The van der Waals surface area contributed by atoms with Gasteiger partial charge in [-0.2, -0.15) is 0 Å². The van der Waals surface area contributed by atoms with Crippen LogP contribution in [0.4, 0.5) is 0 Å². The molecule has 0 aromatic rings. The van der Waals surface area contributed by atoms with E-state index in [0.29, 0.717) is 11.5 Å². The summed E-state index contributed by atoms with van der Waals surface area (Å²) in [6.07, 6.45) is 8.44. The summed E-state index contributed by atoms with van der Waals surface area (Å²) < 4.78 is 5.85. The van der Waals surface area contributed by atoms with Gasteiger partial charge in [-0.15, -0.1) is 0 Å². The SMILES string of the molecule is CCCNCC1CC12CCOC(CCC)C2. The minimum absolute atomic E-state index is 0.565. The highest BCUT2D eigenvalue weighted by Gasteiger charge is 2.55. The molecule has 1 aliphatic carbocycles. The highest BCUT2D eigenvalue weighted by Crippen LogP contribution is 2.60. The van der Waals surface area contributed by atoms with Crippen molar-refractivity contribution in [3.63, 3.8) is 0 Å². The van der Waals surface area contributed by atoms with E-state index in [1.807, 2.05) is 0 Å². The average molecular weight is 225 g/mol. The van der Waals surface area contributed by atoms with Gasteiger partial charge < -0.3 is 10.1 Å². The number of nitrogens with one attached hydrogen (secondary N) is 1. The Balaban J connectivity index is 1.73. The van der Waals surface area contributed by atoms with Crippen molar-refractivity contribution >= 4 is 0 Å². The van der Waals surface area contributed by atoms with Gasteiger partial charge in [-0.25, -0.2) is 0 Å². The summed E-state index contributed by atoms with van der Waals surface area (Å²) in [4.78, 5) is 0. The Morgan fingerprint density at radius 3 is 2.88 bits per heavy atom. The Hall–Kier alpha value is -0.0800. The van der Waals surface area contributed by atoms with Crippen molar-refractivity contribution in [2.24, 2.45) is 11.3 Å². The van der Waals surface area contributed by atoms with E-state index in [-0.39, 0.29) is 0 Å². The predicted octanol–water partition coefficient (Wildman–Crippen LogP) is 2.97. The molecule has 0 radical (unpaired) electrons. The zero-order chi connectivity index (χ0) is 11.4. The second kappa shape index (κ2) is 5.50. The normalized spacial score (nSPS) is 37.9. The highest BCUT2D eigenvalue weighted by atomic mass is 16.5. The van der Waals surface area contributed by atoms with Gasteiger partial charge in [0.25, 0.3) is 0 Å².